The number of rotatable bonds is 5. The average molecular weight is 686 g/mol. The molecule has 3 aliphatic rings. The van der Waals surface area contributed by atoms with Crippen molar-refractivity contribution in [2.24, 2.45) is 4.99 Å². The second-order valence-corrected chi connectivity index (χ2v) is 14.0. The van der Waals surface area contributed by atoms with Gasteiger partial charge in [-0.3, -0.25) is 4.90 Å². The van der Waals surface area contributed by atoms with E-state index in [2.05, 4.69) is 16.7 Å². The number of thiophene rings is 1. The summed E-state index contributed by atoms with van der Waals surface area (Å²) in [6.07, 6.45) is 9.66. The lowest BCUT2D eigenvalue weighted by Gasteiger charge is -2.32. The van der Waals surface area contributed by atoms with Gasteiger partial charge in [-0.25, -0.2) is 13.2 Å². The van der Waals surface area contributed by atoms with Crippen molar-refractivity contribution < 1.29 is 17.9 Å². The largest absolute Gasteiger partial charge is 0.481 e. The monoisotopic (exact) mass is 685 g/mol. The molecule has 0 bridgehead atoms. The van der Waals surface area contributed by atoms with Gasteiger partial charge in [0.25, 0.3) is 0 Å². The molecule has 4 heterocycles. The van der Waals surface area contributed by atoms with Gasteiger partial charge in [-0.15, -0.1) is 11.3 Å². The van der Waals surface area contributed by atoms with E-state index in [1.165, 1.54) is 25.0 Å². The van der Waals surface area contributed by atoms with Crippen molar-refractivity contribution >= 4 is 43.9 Å². The number of nitrogens with zero attached hydrogens (tertiary/aromatic N) is 4. The highest BCUT2D eigenvalue weighted by Gasteiger charge is 2.35. The number of methoxy groups -OCH3 is 1. The van der Waals surface area contributed by atoms with Crippen molar-refractivity contribution in [3.8, 4) is 17.2 Å². The molecule has 6 nitrogen and oxygen atoms in total. The summed E-state index contributed by atoms with van der Waals surface area (Å²) >= 11 is 7.77. The second kappa shape index (κ2) is 15.3. The fourth-order valence-electron chi connectivity index (χ4n) is 7.05. The van der Waals surface area contributed by atoms with Gasteiger partial charge in [0.1, 0.15) is 34.7 Å². The third-order valence-electron chi connectivity index (χ3n) is 9.49. The standard InChI is InChI=1S/C29H31ClF2N4OS.C7H12FN/c1-5-9-23(37-4)35-29(36-13-8-6-7-10-16(36)2)19-14-21(30)25(26(32)17(19)3)18-11-12-22(31)27-24(18)20(15-33)28(34)38-27;8-6-4-7-2-1-3-9(7)5-6/h9,11-12,14,16H,5-8,10,13,34H2,1-4H3;6-7H,1-5H2/b23-9-,35-29+;. The van der Waals surface area contributed by atoms with Crippen LogP contribution in [0.4, 0.5) is 18.2 Å². The van der Waals surface area contributed by atoms with Gasteiger partial charge in [-0.2, -0.15) is 10.3 Å². The molecule has 0 amide bonds. The Morgan fingerprint density at radius 2 is 2.00 bits per heavy atom. The topological polar surface area (TPSA) is 77.9 Å². The maximum Gasteiger partial charge on any atom is 0.210 e. The molecule has 0 radical (unpaired) electrons. The van der Waals surface area contributed by atoms with Crippen LogP contribution in [0.1, 0.15) is 81.9 Å². The first-order valence-corrected chi connectivity index (χ1v) is 17.7. The number of nitrogens with two attached hydrogens (primary N) is 1. The van der Waals surface area contributed by atoms with Crippen LogP contribution in [-0.2, 0) is 4.74 Å². The molecule has 3 aromatic rings. The van der Waals surface area contributed by atoms with Crippen LogP contribution in [0.2, 0.25) is 5.02 Å². The van der Waals surface area contributed by atoms with Crippen LogP contribution in [0.5, 0.6) is 0 Å². The molecule has 1 aromatic heterocycles. The van der Waals surface area contributed by atoms with Gasteiger partial charge in [-0.05, 0) is 88.3 Å². The maximum atomic E-state index is 16.3. The van der Waals surface area contributed by atoms with Crippen molar-refractivity contribution in [3.05, 3.63) is 63.5 Å². The van der Waals surface area contributed by atoms with Gasteiger partial charge in [0.15, 0.2) is 0 Å². The molecule has 3 saturated heterocycles. The number of hydrogen-bond acceptors (Lipinski definition) is 6. The zero-order valence-electron chi connectivity index (χ0n) is 27.5. The molecule has 47 heavy (non-hydrogen) atoms. The summed E-state index contributed by atoms with van der Waals surface area (Å²) in [5.41, 5.74) is 7.47. The van der Waals surface area contributed by atoms with Crippen molar-refractivity contribution in [3.63, 3.8) is 0 Å². The maximum absolute atomic E-state index is 16.3. The second-order valence-electron chi connectivity index (χ2n) is 12.6. The van der Waals surface area contributed by atoms with Crippen LogP contribution in [0.3, 0.4) is 0 Å². The molecule has 0 saturated carbocycles. The summed E-state index contributed by atoms with van der Waals surface area (Å²) in [5.74, 6) is -0.0203. The number of benzene rings is 2. The van der Waals surface area contributed by atoms with Crippen LogP contribution < -0.4 is 5.73 Å². The zero-order valence-corrected chi connectivity index (χ0v) is 29.1. The average Bonchev–Trinajstić information content (AvgIpc) is 3.68. The van der Waals surface area contributed by atoms with E-state index in [-0.39, 0.29) is 37.3 Å². The Morgan fingerprint density at radius 1 is 1.21 bits per heavy atom. The quantitative estimate of drug-likeness (QED) is 0.165. The highest BCUT2D eigenvalue weighted by Crippen LogP contribution is 2.44. The van der Waals surface area contributed by atoms with Crippen LogP contribution in [0, 0.1) is 29.9 Å². The van der Waals surface area contributed by atoms with E-state index in [1.54, 1.807) is 20.1 Å². The minimum absolute atomic E-state index is 0.103. The molecular formula is C36H43ClF3N5OS. The lowest BCUT2D eigenvalue weighted by Crippen LogP contribution is -2.39. The number of halogens is 4. The van der Waals surface area contributed by atoms with Gasteiger partial charge in [0, 0.05) is 41.7 Å². The van der Waals surface area contributed by atoms with Gasteiger partial charge in [0.2, 0.25) is 5.88 Å². The number of likely N-dealkylation sites (tertiary alicyclic amines) is 1. The van der Waals surface area contributed by atoms with E-state index >= 15 is 4.39 Å². The minimum atomic E-state index is -0.553. The van der Waals surface area contributed by atoms with Crippen LogP contribution in [0.15, 0.2) is 35.2 Å². The lowest BCUT2D eigenvalue weighted by molar-refractivity contribution is 0.281. The SMILES string of the molecule is CC/C=C(/N=C(\c1cc(Cl)c(-c2ccc(F)c3sc(N)c(C#N)c23)c(F)c1C)N1CCCCCC1C)OC.FC1CC2CCCN2C1. The van der Waals surface area contributed by atoms with Crippen LogP contribution in [-0.4, -0.2) is 60.6 Å². The van der Waals surface area contributed by atoms with Crippen molar-refractivity contribution in [1.29, 1.82) is 5.26 Å². The number of aliphatic imine (C=N–C) groups is 1. The number of ether oxygens (including phenoxy) is 1. The summed E-state index contributed by atoms with van der Waals surface area (Å²) < 4.78 is 49.3. The molecule has 11 heteroatoms. The number of amidine groups is 1. The van der Waals surface area contributed by atoms with Crippen molar-refractivity contribution in [2.45, 2.75) is 90.4 Å². The number of anilines is 1. The Kier molecular flexibility index (Phi) is 11.4. The molecule has 3 atom stereocenters. The Labute approximate surface area is 284 Å². The van der Waals surface area contributed by atoms with Gasteiger partial charge in [-0.1, -0.05) is 37.4 Å². The first-order valence-electron chi connectivity index (χ1n) is 16.5. The number of nitrogen functional groups attached to an aromatic ring is 1. The summed E-state index contributed by atoms with van der Waals surface area (Å²) in [4.78, 5) is 9.34. The van der Waals surface area contributed by atoms with E-state index in [0.29, 0.717) is 41.0 Å². The molecular weight excluding hydrogens is 643 g/mol. The van der Waals surface area contributed by atoms with Crippen molar-refractivity contribution in [1.82, 2.24) is 9.80 Å². The Hall–Kier alpha value is -3.26. The number of fused-ring (bicyclic) bond motifs is 2. The first-order chi connectivity index (χ1) is 22.6. The fraction of sp³-hybridized carbons (Fsp3) is 0.500. The molecule has 2 aromatic carbocycles. The number of allylic oxidation sites excluding steroid dienone is 1. The molecule has 3 fully saturated rings. The van der Waals surface area contributed by atoms with Gasteiger partial charge < -0.3 is 15.4 Å². The van der Waals surface area contributed by atoms with E-state index < -0.39 is 17.8 Å². The molecule has 3 aliphatic heterocycles. The summed E-state index contributed by atoms with van der Waals surface area (Å²) in [7, 11) is 1.57. The highest BCUT2D eigenvalue weighted by atomic mass is 35.5. The van der Waals surface area contributed by atoms with Gasteiger partial charge in [0.05, 0.1) is 22.4 Å². The lowest BCUT2D eigenvalue weighted by atomic mass is 9.94. The zero-order chi connectivity index (χ0) is 33.8. The van der Waals surface area contributed by atoms with E-state index in [0.717, 1.165) is 63.0 Å². The minimum Gasteiger partial charge on any atom is -0.481 e. The first kappa shape index (κ1) is 35.1. The summed E-state index contributed by atoms with van der Waals surface area (Å²) in [6, 6.07) is 7.26. The number of alkyl halides is 1. The normalized spacial score (nSPS) is 22.1. The highest BCUT2D eigenvalue weighted by molar-refractivity contribution is 7.23. The van der Waals surface area contributed by atoms with E-state index in [4.69, 9.17) is 27.1 Å². The Balaban J connectivity index is 0.000000410. The third kappa shape index (κ3) is 7.28. The van der Waals surface area contributed by atoms with Crippen LogP contribution >= 0.6 is 22.9 Å². The molecule has 252 valence electrons. The third-order valence-corrected chi connectivity index (χ3v) is 10.8. The Morgan fingerprint density at radius 3 is 2.70 bits per heavy atom. The predicted octanol–water partition coefficient (Wildman–Crippen LogP) is 9.36. The summed E-state index contributed by atoms with van der Waals surface area (Å²) in [6.45, 7) is 8.47. The Bertz CT molecular complexity index is 1700. The molecule has 0 spiro atoms. The molecule has 0 aliphatic carbocycles. The number of nitriles is 1. The fourth-order valence-corrected chi connectivity index (χ4v) is 8.30. The predicted molar refractivity (Wildman–Crippen MR) is 187 cm³/mol. The molecule has 3 unspecified atom stereocenters. The van der Waals surface area contributed by atoms with Gasteiger partial charge >= 0.3 is 0 Å². The smallest absolute Gasteiger partial charge is 0.210 e. The van der Waals surface area contributed by atoms with E-state index in [9.17, 15) is 14.0 Å². The molecule has 6 rings (SSSR count). The number of hydrogen-bond donors (Lipinski definition) is 1. The van der Waals surface area contributed by atoms with Crippen molar-refractivity contribution in [2.75, 3.05) is 32.5 Å². The summed E-state index contributed by atoms with van der Waals surface area (Å²) in [5, 5.41) is 10.3. The molecule has 2 N–H and O–H groups in total. The van der Waals surface area contributed by atoms with E-state index in [1.807, 2.05) is 19.1 Å². The van der Waals surface area contributed by atoms with Crippen LogP contribution in [0.25, 0.3) is 21.2 Å².